The van der Waals surface area contributed by atoms with Gasteiger partial charge in [0.25, 0.3) is 0 Å². The van der Waals surface area contributed by atoms with E-state index in [0.717, 1.165) is 17.9 Å². The molecule has 1 aliphatic rings. The average Bonchev–Trinajstić information content (AvgIpc) is 3.02. The van der Waals surface area contributed by atoms with Crippen molar-refractivity contribution in [3.05, 3.63) is 35.1 Å². The second-order valence-corrected chi connectivity index (χ2v) is 4.64. The van der Waals surface area contributed by atoms with Crippen molar-refractivity contribution >= 4 is 0 Å². The zero-order valence-corrected chi connectivity index (χ0v) is 9.17. The molecule has 0 amide bonds. The summed E-state index contributed by atoms with van der Waals surface area (Å²) < 4.78 is 13.3. The van der Waals surface area contributed by atoms with E-state index < -0.39 is 0 Å². The Bertz CT molecular complexity index is 344. The Hall–Kier alpha value is -0.890. The summed E-state index contributed by atoms with van der Waals surface area (Å²) >= 11 is 0. The van der Waals surface area contributed by atoms with Crippen LogP contribution in [0, 0.1) is 18.7 Å². The molecule has 0 radical (unpaired) electrons. The Morgan fingerprint density at radius 1 is 1.47 bits per heavy atom. The fraction of sp³-hybridized carbons (Fsp3) is 0.538. The quantitative estimate of drug-likeness (QED) is 0.805. The molecule has 1 aliphatic carbocycles. The Balaban J connectivity index is 1.97. The summed E-state index contributed by atoms with van der Waals surface area (Å²) in [6, 6.07) is 5.32. The molecule has 1 atom stereocenters. The van der Waals surface area contributed by atoms with Gasteiger partial charge in [-0.25, -0.2) is 4.39 Å². The third-order valence-electron chi connectivity index (χ3n) is 3.21. The van der Waals surface area contributed by atoms with Crippen molar-refractivity contribution in [2.75, 3.05) is 0 Å². The van der Waals surface area contributed by atoms with Gasteiger partial charge in [0.1, 0.15) is 5.82 Å². The molecule has 82 valence electrons. The standard InChI is InChI=1S/C13H18FN/c1-9-2-6-11(8-12(9)14)13(15)7-5-10-3-4-10/h2,6,8,10,13H,3-5,7,15H2,1H3. The van der Waals surface area contributed by atoms with Gasteiger partial charge < -0.3 is 5.73 Å². The van der Waals surface area contributed by atoms with Gasteiger partial charge >= 0.3 is 0 Å². The lowest BCUT2D eigenvalue weighted by molar-refractivity contribution is 0.566. The lowest BCUT2D eigenvalue weighted by Gasteiger charge is -2.12. The van der Waals surface area contributed by atoms with Crippen LogP contribution in [-0.2, 0) is 0 Å². The van der Waals surface area contributed by atoms with Gasteiger partial charge in [-0.1, -0.05) is 25.0 Å². The van der Waals surface area contributed by atoms with Crippen molar-refractivity contribution in [3.8, 4) is 0 Å². The summed E-state index contributed by atoms with van der Waals surface area (Å²) in [5.41, 5.74) is 7.64. The lowest BCUT2D eigenvalue weighted by atomic mass is 10.00. The number of hydrogen-bond acceptors (Lipinski definition) is 1. The van der Waals surface area contributed by atoms with Crippen molar-refractivity contribution in [1.29, 1.82) is 0 Å². The second kappa shape index (κ2) is 4.31. The van der Waals surface area contributed by atoms with Crippen LogP contribution in [0.3, 0.4) is 0 Å². The highest BCUT2D eigenvalue weighted by molar-refractivity contribution is 5.25. The fourth-order valence-corrected chi connectivity index (χ4v) is 1.83. The molecule has 2 N–H and O–H groups in total. The van der Waals surface area contributed by atoms with Crippen LogP contribution in [-0.4, -0.2) is 0 Å². The number of benzene rings is 1. The Labute approximate surface area is 90.5 Å². The summed E-state index contributed by atoms with van der Waals surface area (Å²) in [5, 5.41) is 0. The van der Waals surface area contributed by atoms with E-state index in [2.05, 4.69) is 0 Å². The van der Waals surface area contributed by atoms with E-state index in [1.807, 2.05) is 12.1 Å². The maximum Gasteiger partial charge on any atom is 0.126 e. The van der Waals surface area contributed by atoms with Crippen molar-refractivity contribution in [3.63, 3.8) is 0 Å². The zero-order chi connectivity index (χ0) is 10.8. The molecule has 0 spiro atoms. The Morgan fingerprint density at radius 2 is 2.20 bits per heavy atom. The van der Waals surface area contributed by atoms with Gasteiger partial charge in [0, 0.05) is 6.04 Å². The molecule has 2 heteroatoms. The lowest BCUT2D eigenvalue weighted by Crippen LogP contribution is -2.10. The normalized spacial score (nSPS) is 17.8. The van der Waals surface area contributed by atoms with Crippen LogP contribution in [0.15, 0.2) is 18.2 Å². The summed E-state index contributed by atoms with van der Waals surface area (Å²) in [6.45, 7) is 1.77. The van der Waals surface area contributed by atoms with Gasteiger partial charge in [-0.2, -0.15) is 0 Å². The maximum absolute atomic E-state index is 13.3. The first-order valence-electron chi connectivity index (χ1n) is 5.68. The van der Waals surface area contributed by atoms with Gasteiger partial charge in [-0.3, -0.25) is 0 Å². The molecule has 0 aromatic heterocycles. The van der Waals surface area contributed by atoms with Crippen molar-refractivity contribution < 1.29 is 4.39 Å². The molecular weight excluding hydrogens is 189 g/mol. The molecule has 15 heavy (non-hydrogen) atoms. The van der Waals surface area contributed by atoms with E-state index in [4.69, 9.17) is 5.73 Å². The van der Waals surface area contributed by atoms with E-state index in [-0.39, 0.29) is 11.9 Å². The van der Waals surface area contributed by atoms with Crippen LogP contribution in [0.5, 0.6) is 0 Å². The third kappa shape index (κ3) is 2.78. The van der Waals surface area contributed by atoms with E-state index >= 15 is 0 Å². The predicted octanol–water partition coefficient (Wildman–Crippen LogP) is 3.32. The van der Waals surface area contributed by atoms with Crippen molar-refractivity contribution in [2.24, 2.45) is 11.7 Å². The fourth-order valence-electron chi connectivity index (χ4n) is 1.83. The highest BCUT2D eigenvalue weighted by Gasteiger charge is 2.22. The molecule has 1 saturated carbocycles. The molecule has 1 aromatic carbocycles. The summed E-state index contributed by atoms with van der Waals surface area (Å²) in [5.74, 6) is 0.751. The summed E-state index contributed by atoms with van der Waals surface area (Å²) in [7, 11) is 0. The smallest absolute Gasteiger partial charge is 0.126 e. The molecule has 2 rings (SSSR count). The van der Waals surface area contributed by atoms with Crippen LogP contribution in [0.4, 0.5) is 4.39 Å². The summed E-state index contributed by atoms with van der Waals surface area (Å²) in [6.07, 6.45) is 4.88. The second-order valence-electron chi connectivity index (χ2n) is 4.64. The zero-order valence-electron chi connectivity index (χ0n) is 9.17. The molecule has 1 fully saturated rings. The van der Waals surface area contributed by atoms with Gasteiger partial charge in [-0.15, -0.1) is 0 Å². The first-order chi connectivity index (χ1) is 7.16. The Morgan fingerprint density at radius 3 is 2.80 bits per heavy atom. The monoisotopic (exact) mass is 207 g/mol. The van der Waals surface area contributed by atoms with E-state index in [9.17, 15) is 4.39 Å². The maximum atomic E-state index is 13.3. The van der Waals surface area contributed by atoms with Gasteiger partial charge in [0.15, 0.2) is 0 Å². The number of hydrogen-bond donors (Lipinski definition) is 1. The van der Waals surface area contributed by atoms with Crippen LogP contribution < -0.4 is 5.73 Å². The predicted molar refractivity (Wildman–Crippen MR) is 60.0 cm³/mol. The largest absolute Gasteiger partial charge is 0.324 e. The first-order valence-corrected chi connectivity index (χ1v) is 5.68. The topological polar surface area (TPSA) is 26.0 Å². The van der Waals surface area contributed by atoms with Gasteiger partial charge in [0.2, 0.25) is 0 Å². The SMILES string of the molecule is Cc1ccc(C(N)CCC2CC2)cc1F. The summed E-state index contributed by atoms with van der Waals surface area (Å²) in [4.78, 5) is 0. The highest BCUT2D eigenvalue weighted by atomic mass is 19.1. The number of rotatable bonds is 4. The molecular formula is C13H18FN. The minimum Gasteiger partial charge on any atom is -0.324 e. The minimum atomic E-state index is -0.144. The average molecular weight is 207 g/mol. The van der Waals surface area contributed by atoms with Crippen LogP contribution in [0.1, 0.15) is 42.9 Å². The Kier molecular flexibility index (Phi) is 3.06. The molecule has 1 unspecified atom stereocenters. The highest BCUT2D eigenvalue weighted by Crippen LogP contribution is 2.35. The van der Waals surface area contributed by atoms with E-state index in [1.54, 1.807) is 13.0 Å². The minimum absolute atomic E-state index is 0.000648. The number of nitrogens with two attached hydrogens (primary N) is 1. The van der Waals surface area contributed by atoms with E-state index in [1.165, 1.54) is 19.3 Å². The third-order valence-corrected chi connectivity index (χ3v) is 3.21. The number of aryl methyl sites for hydroxylation is 1. The number of halogens is 1. The van der Waals surface area contributed by atoms with Crippen molar-refractivity contribution in [1.82, 2.24) is 0 Å². The van der Waals surface area contributed by atoms with Crippen LogP contribution in [0.25, 0.3) is 0 Å². The van der Waals surface area contributed by atoms with E-state index in [0.29, 0.717) is 5.56 Å². The molecule has 1 aromatic rings. The van der Waals surface area contributed by atoms with Gasteiger partial charge in [0.05, 0.1) is 0 Å². The molecule has 1 nitrogen and oxygen atoms in total. The van der Waals surface area contributed by atoms with Crippen LogP contribution in [0.2, 0.25) is 0 Å². The molecule has 0 aliphatic heterocycles. The van der Waals surface area contributed by atoms with Gasteiger partial charge in [-0.05, 0) is 42.9 Å². The molecule has 0 bridgehead atoms. The first kappa shape index (κ1) is 10.6. The molecule has 0 heterocycles. The molecule has 0 saturated heterocycles. The van der Waals surface area contributed by atoms with Crippen molar-refractivity contribution in [2.45, 2.75) is 38.6 Å². The van der Waals surface area contributed by atoms with Crippen LogP contribution >= 0.6 is 0 Å².